The van der Waals surface area contributed by atoms with Crippen molar-refractivity contribution in [1.82, 2.24) is 4.90 Å². The Labute approximate surface area is 289 Å². The van der Waals surface area contributed by atoms with Crippen molar-refractivity contribution in [1.29, 1.82) is 0 Å². The van der Waals surface area contributed by atoms with Gasteiger partial charge in [-0.1, -0.05) is 166 Å². The van der Waals surface area contributed by atoms with Crippen LogP contribution in [0.3, 0.4) is 0 Å². The zero-order valence-electron chi connectivity index (χ0n) is 31.5. The van der Waals surface area contributed by atoms with E-state index in [9.17, 15) is 0 Å². The van der Waals surface area contributed by atoms with Gasteiger partial charge in [0.05, 0.1) is 12.4 Å². The molecule has 2 saturated carbocycles. The van der Waals surface area contributed by atoms with Gasteiger partial charge in [-0.3, -0.25) is 0 Å². The number of rotatable bonds is 30. The first kappa shape index (κ1) is 41.2. The van der Waals surface area contributed by atoms with Crippen molar-refractivity contribution >= 4 is 0 Å². The van der Waals surface area contributed by atoms with Crippen LogP contribution in [0, 0.1) is 17.8 Å². The molecule has 0 bridgehead atoms. The van der Waals surface area contributed by atoms with Crippen LogP contribution in [0.5, 0.6) is 0 Å². The monoisotopic (exact) mass is 640 g/mol. The highest BCUT2D eigenvalue weighted by Crippen LogP contribution is 2.32. The third-order valence-corrected chi connectivity index (χ3v) is 11.4. The maximum absolute atomic E-state index is 6.01. The van der Waals surface area contributed by atoms with Gasteiger partial charge in [0.15, 0.2) is 0 Å². The number of hydrogen-bond acceptors (Lipinski definition) is 2. The second kappa shape index (κ2) is 27.9. The summed E-state index contributed by atoms with van der Waals surface area (Å²) in [5, 5.41) is 0. The van der Waals surface area contributed by atoms with Crippen LogP contribution in [0.2, 0.25) is 0 Å². The molecule has 2 aliphatic rings. The lowest BCUT2D eigenvalue weighted by molar-refractivity contribution is 0.157. The van der Waals surface area contributed by atoms with Crippen LogP contribution in [0.25, 0.3) is 0 Å². The molecule has 0 aliphatic heterocycles. The van der Waals surface area contributed by atoms with Gasteiger partial charge in [0.2, 0.25) is 0 Å². The number of ether oxygens (including phenoxy) is 1. The predicted molar refractivity (Wildman–Crippen MR) is 206 cm³/mol. The molecule has 0 N–H and O–H groups in total. The summed E-state index contributed by atoms with van der Waals surface area (Å²) < 4.78 is 6.01. The molecule has 0 heterocycles. The molecule has 0 aromatic heterocycles. The minimum atomic E-state index is 0.634. The molecule has 0 aromatic rings. The Hall–Kier alpha value is -1.02. The number of nitrogens with zero attached hydrogens (tertiary/aromatic N) is 1. The third kappa shape index (κ3) is 21.8. The Morgan fingerprint density at radius 3 is 1.59 bits per heavy atom. The van der Waals surface area contributed by atoms with Gasteiger partial charge in [-0.05, 0) is 96.7 Å². The normalized spacial score (nSPS) is 16.9. The zero-order chi connectivity index (χ0) is 33.1. The Bertz CT molecular complexity index is 706. The van der Waals surface area contributed by atoms with Crippen molar-refractivity contribution in [3.63, 3.8) is 0 Å². The van der Waals surface area contributed by atoms with Gasteiger partial charge in [-0.15, -0.1) is 0 Å². The molecule has 2 rings (SSSR count). The summed E-state index contributed by atoms with van der Waals surface area (Å²) in [6.07, 6.45) is 42.6. The maximum atomic E-state index is 6.01. The van der Waals surface area contributed by atoms with Gasteiger partial charge in [-0.2, -0.15) is 0 Å². The summed E-state index contributed by atoms with van der Waals surface area (Å²) in [6, 6.07) is 0. The fraction of sp³-hybridized carbons (Fsp3) is 0.864. The second-order valence-electron chi connectivity index (χ2n) is 16.0. The van der Waals surface area contributed by atoms with E-state index in [4.69, 9.17) is 4.74 Å². The second-order valence-corrected chi connectivity index (χ2v) is 16.0. The molecule has 0 saturated heterocycles. The van der Waals surface area contributed by atoms with Crippen LogP contribution in [-0.2, 0) is 4.74 Å². The highest BCUT2D eigenvalue weighted by atomic mass is 16.5. The first-order chi connectivity index (χ1) is 22.5. The molecule has 0 spiro atoms. The molecule has 46 heavy (non-hydrogen) atoms. The van der Waals surface area contributed by atoms with Crippen LogP contribution in [-0.4, -0.2) is 32.1 Å². The molecule has 2 fully saturated rings. The molecule has 0 amide bonds. The standard InChI is InChI=1S/C44H81NO/c1-39(28-27-36-45(4)5)38-42(30-20-14-10-7-6-9-13-19-29-40(2)43-32-22-17-23-33-43)31-21-15-11-8-12-16-26-37-46-41(3)44-34-24-18-25-35-44/h42-44H,1-3,6-38H2,4-5H3. The largest absolute Gasteiger partial charge is 0.498 e. The maximum Gasteiger partial charge on any atom is 0.0918 e. The zero-order valence-corrected chi connectivity index (χ0v) is 31.5. The minimum absolute atomic E-state index is 0.634. The Morgan fingerprint density at radius 1 is 0.565 bits per heavy atom. The topological polar surface area (TPSA) is 12.5 Å². The quantitative estimate of drug-likeness (QED) is 0.0440. The molecule has 2 aliphatic carbocycles. The van der Waals surface area contributed by atoms with Crippen molar-refractivity contribution in [2.24, 2.45) is 17.8 Å². The van der Waals surface area contributed by atoms with Gasteiger partial charge in [0.25, 0.3) is 0 Å². The molecule has 0 radical (unpaired) electrons. The van der Waals surface area contributed by atoms with Crippen LogP contribution in [0.1, 0.15) is 199 Å². The fourth-order valence-electron chi connectivity index (χ4n) is 8.23. The van der Waals surface area contributed by atoms with E-state index >= 15 is 0 Å². The lowest BCUT2D eigenvalue weighted by Gasteiger charge is -2.23. The van der Waals surface area contributed by atoms with Crippen LogP contribution in [0.4, 0.5) is 0 Å². The molecular formula is C44H81NO. The van der Waals surface area contributed by atoms with Gasteiger partial charge in [0, 0.05) is 5.92 Å². The van der Waals surface area contributed by atoms with Gasteiger partial charge >= 0.3 is 0 Å². The van der Waals surface area contributed by atoms with Crippen molar-refractivity contribution in [3.8, 4) is 0 Å². The Kier molecular flexibility index (Phi) is 24.9. The Balaban J connectivity index is 1.48. The summed E-state index contributed by atoms with van der Waals surface area (Å²) >= 11 is 0. The highest BCUT2D eigenvalue weighted by molar-refractivity contribution is 5.01. The summed E-state index contributed by atoms with van der Waals surface area (Å²) in [5.41, 5.74) is 3.08. The lowest BCUT2D eigenvalue weighted by atomic mass is 9.82. The molecule has 1 atom stereocenters. The van der Waals surface area contributed by atoms with E-state index in [1.807, 2.05) is 0 Å². The molecule has 2 heteroatoms. The van der Waals surface area contributed by atoms with Gasteiger partial charge < -0.3 is 9.64 Å². The molecule has 1 unspecified atom stereocenters. The summed E-state index contributed by atoms with van der Waals surface area (Å²) in [6.45, 7) is 15.2. The molecular weight excluding hydrogens is 558 g/mol. The summed E-state index contributed by atoms with van der Waals surface area (Å²) in [5.74, 6) is 3.42. The lowest BCUT2D eigenvalue weighted by Crippen LogP contribution is -2.13. The number of allylic oxidation sites excluding steroid dienone is 3. The van der Waals surface area contributed by atoms with Crippen LogP contribution in [0.15, 0.2) is 36.6 Å². The Morgan fingerprint density at radius 2 is 1.04 bits per heavy atom. The van der Waals surface area contributed by atoms with E-state index in [0.29, 0.717) is 5.92 Å². The molecule has 2 nitrogen and oxygen atoms in total. The average molecular weight is 640 g/mol. The predicted octanol–water partition coefficient (Wildman–Crippen LogP) is 14.2. The highest BCUT2D eigenvalue weighted by Gasteiger charge is 2.18. The van der Waals surface area contributed by atoms with Crippen molar-refractivity contribution in [2.45, 2.75) is 199 Å². The van der Waals surface area contributed by atoms with E-state index in [0.717, 1.165) is 24.2 Å². The van der Waals surface area contributed by atoms with E-state index in [-0.39, 0.29) is 0 Å². The SMILES string of the molecule is C=C(CCCN(C)C)CC(CCCCCCCCCCC(=C)C1CCCCC1)CCCCCCCCCOC(=C)C1CCCCC1. The van der Waals surface area contributed by atoms with Crippen molar-refractivity contribution in [2.75, 3.05) is 27.2 Å². The van der Waals surface area contributed by atoms with E-state index in [1.54, 1.807) is 5.57 Å². The molecule has 0 aromatic carbocycles. The number of unbranched alkanes of at least 4 members (excludes halogenated alkanes) is 13. The number of hydrogen-bond donors (Lipinski definition) is 0. The molecule has 268 valence electrons. The minimum Gasteiger partial charge on any atom is -0.498 e. The van der Waals surface area contributed by atoms with Gasteiger partial charge in [-0.25, -0.2) is 0 Å². The van der Waals surface area contributed by atoms with E-state index in [1.165, 1.54) is 211 Å². The first-order valence-electron chi connectivity index (χ1n) is 20.8. The van der Waals surface area contributed by atoms with Gasteiger partial charge in [0.1, 0.15) is 0 Å². The summed E-state index contributed by atoms with van der Waals surface area (Å²) in [4.78, 5) is 2.31. The van der Waals surface area contributed by atoms with Crippen molar-refractivity contribution < 1.29 is 4.74 Å². The van der Waals surface area contributed by atoms with Crippen LogP contribution >= 0.6 is 0 Å². The first-order valence-corrected chi connectivity index (χ1v) is 20.8. The van der Waals surface area contributed by atoms with Crippen LogP contribution < -0.4 is 0 Å². The average Bonchev–Trinajstić information content (AvgIpc) is 3.06. The van der Waals surface area contributed by atoms with E-state index < -0.39 is 0 Å². The third-order valence-electron chi connectivity index (χ3n) is 11.4. The van der Waals surface area contributed by atoms with E-state index in [2.05, 4.69) is 38.7 Å². The fourth-order valence-corrected chi connectivity index (χ4v) is 8.23. The smallest absolute Gasteiger partial charge is 0.0918 e. The summed E-state index contributed by atoms with van der Waals surface area (Å²) in [7, 11) is 4.37. The van der Waals surface area contributed by atoms with Crippen molar-refractivity contribution in [3.05, 3.63) is 36.6 Å².